The molecule has 0 unspecified atom stereocenters. The number of hydrogen-bond donors (Lipinski definition) is 1. The summed E-state index contributed by atoms with van der Waals surface area (Å²) < 4.78 is 27.4. The van der Waals surface area contributed by atoms with Gasteiger partial charge in [0.05, 0.1) is 33.4 Å². The molecule has 11 nitrogen and oxygen atoms in total. The summed E-state index contributed by atoms with van der Waals surface area (Å²) in [6.07, 6.45) is 2.37. The van der Waals surface area contributed by atoms with E-state index in [1.165, 1.54) is 16.9 Å². The minimum absolute atomic E-state index is 0.0296. The van der Waals surface area contributed by atoms with E-state index in [9.17, 15) is 18.5 Å². The van der Waals surface area contributed by atoms with Crippen LogP contribution in [0.15, 0.2) is 74.6 Å². The predicted octanol–water partition coefficient (Wildman–Crippen LogP) is 3.36. The zero-order chi connectivity index (χ0) is 24.0. The summed E-state index contributed by atoms with van der Waals surface area (Å²) in [4.78, 5) is 15.4. The third kappa shape index (κ3) is 3.35. The molecular weight excluding hydrogens is 456 g/mol. The van der Waals surface area contributed by atoms with E-state index in [0.29, 0.717) is 27.9 Å². The van der Waals surface area contributed by atoms with Crippen molar-refractivity contribution >= 4 is 37.9 Å². The highest BCUT2D eigenvalue weighted by Crippen LogP contribution is 2.31. The molecule has 12 heteroatoms. The fraction of sp³-hybridized carbons (Fsp3) is 0.0909. The zero-order valence-electron chi connectivity index (χ0n) is 18.0. The van der Waals surface area contributed by atoms with E-state index in [-0.39, 0.29) is 27.5 Å². The first-order chi connectivity index (χ1) is 16.3. The van der Waals surface area contributed by atoms with E-state index < -0.39 is 9.84 Å². The Balaban J connectivity index is 1.71. The number of nitriles is 1. The summed E-state index contributed by atoms with van der Waals surface area (Å²) >= 11 is 0. The van der Waals surface area contributed by atoms with Crippen molar-refractivity contribution in [1.82, 2.24) is 24.4 Å². The van der Waals surface area contributed by atoms with Gasteiger partial charge in [0.1, 0.15) is 11.6 Å². The smallest absolute Gasteiger partial charge is 0.259 e. The second kappa shape index (κ2) is 7.75. The monoisotopic (exact) mass is 472 g/mol. The molecule has 0 spiro atoms. The maximum absolute atomic E-state index is 12.6. The summed E-state index contributed by atoms with van der Waals surface area (Å²) in [7, 11) is -3.58. The lowest BCUT2D eigenvalue weighted by atomic mass is 10.2. The highest BCUT2D eigenvalue weighted by molar-refractivity contribution is 7.90. The molecule has 0 bridgehead atoms. The van der Waals surface area contributed by atoms with Crippen molar-refractivity contribution in [2.45, 2.75) is 11.8 Å². The van der Waals surface area contributed by atoms with Gasteiger partial charge in [-0.1, -0.05) is 24.3 Å². The number of nitrogens with one attached hydrogen (secondary N) is 1. The van der Waals surface area contributed by atoms with Gasteiger partial charge in [-0.15, -0.1) is 10.2 Å². The van der Waals surface area contributed by atoms with E-state index in [1.807, 2.05) is 6.07 Å². The van der Waals surface area contributed by atoms with Gasteiger partial charge in [0.2, 0.25) is 0 Å². The van der Waals surface area contributed by atoms with Gasteiger partial charge in [-0.2, -0.15) is 15.5 Å². The van der Waals surface area contributed by atoms with Crippen LogP contribution in [0, 0.1) is 18.3 Å². The molecular formula is C22H16N8O3S. The van der Waals surface area contributed by atoms with Gasteiger partial charge in [0.15, 0.2) is 27.0 Å². The minimum atomic E-state index is -3.58. The van der Waals surface area contributed by atoms with Crippen molar-refractivity contribution in [2.24, 2.45) is 10.2 Å². The molecule has 0 aliphatic heterocycles. The van der Waals surface area contributed by atoms with Crippen LogP contribution in [-0.2, 0) is 9.84 Å². The van der Waals surface area contributed by atoms with E-state index in [1.54, 1.807) is 53.9 Å². The highest BCUT2D eigenvalue weighted by Gasteiger charge is 2.20. The van der Waals surface area contributed by atoms with Crippen LogP contribution in [0.5, 0.6) is 0 Å². The minimum Gasteiger partial charge on any atom is -0.304 e. The van der Waals surface area contributed by atoms with Gasteiger partial charge in [0, 0.05) is 6.26 Å². The maximum atomic E-state index is 12.6. The molecule has 1 N–H and O–H groups in total. The SMILES string of the molecule is Cc1nn2c([nH]c(=O)c3ccccc32)c1N=Nc1c(C#N)cnn1-c1ccccc1S(C)(=O)=O. The Bertz CT molecular complexity index is 1840. The summed E-state index contributed by atoms with van der Waals surface area (Å²) in [5, 5.41) is 27.2. The molecule has 3 aromatic heterocycles. The van der Waals surface area contributed by atoms with Crippen LogP contribution in [0.4, 0.5) is 11.5 Å². The molecule has 0 saturated carbocycles. The Kier molecular flexibility index (Phi) is 4.84. The number of fused-ring (bicyclic) bond motifs is 3. The van der Waals surface area contributed by atoms with Crippen LogP contribution in [0.2, 0.25) is 0 Å². The summed E-state index contributed by atoms with van der Waals surface area (Å²) in [5.41, 5.74) is 1.77. The van der Waals surface area contributed by atoms with Crippen LogP contribution in [0.3, 0.4) is 0 Å². The number of benzene rings is 2. The van der Waals surface area contributed by atoms with Gasteiger partial charge in [-0.3, -0.25) is 4.79 Å². The van der Waals surface area contributed by atoms with Crippen molar-refractivity contribution in [3.05, 3.63) is 76.3 Å². The lowest BCUT2D eigenvalue weighted by Gasteiger charge is -2.09. The van der Waals surface area contributed by atoms with E-state index >= 15 is 0 Å². The van der Waals surface area contributed by atoms with Gasteiger partial charge < -0.3 is 4.98 Å². The topological polar surface area (TPSA) is 151 Å². The van der Waals surface area contributed by atoms with Crippen molar-refractivity contribution in [3.63, 3.8) is 0 Å². The zero-order valence-corrected chi connectivity index (χ0v) is 18.8. The second-order valence-corrected chi connectivity index (χ2v) is 9.50. The van der Waals surface area contributed by atoms with E-state index in [2.05, 4.69) is 25.4 Å². The average Bonchev–Trinajstić information content (AvgIpc) is 3.37. The number of hydrogen-bond acceptors (Lipinski definition) is 8. The van der Waals surface area contributed by atoms with Gasteiger partial charge >= 0.3 is 0 Å². The molecule has 0 fully saturated rings. The summed E-state index contributed by atoms with van der Waals surface area (Å²) in [6, 6.07) is 15.3. The number of para-hydroxylation sites is 2. The molecule has 5 rings (SSSR count). The van der Waals surface area contributed by atoms with Crippen molar-refractivity contribution in [1.29, 1.82) is 5.26 Å². The van der Waals surface area contributed by atoms with Crippen molar-refractivity contribution < 1.29 is 8.42 Å². The van der Waals surface area contributed by atoms with Gasteiger partial charge in [-0.05, 0) is 31.2 Å². The molecule has 0 atom stereocenters. The average molecular weight is 472 g/mol. The third-order valence-corrected chi connectivity index (χ3v) is 6.38. The molecule has 3 heterocycles. The first-order valence-electron chi connectivity index (χ1n) is 9.99. The molecule has 2 aromatic carbocycles. The first kappa shape index (κ1) is 21.2. The first-order valence-corrected chi connectivity index (χ1v) is 11.9. The van der Waals surface area contributed by atoms with Crippen LogP contribution in [0.25, 0.3) is 22.2 Å². The normalized spacial score (nSPS) is 12.0. The lowest BCUT2D eigenvalue weighted by molar-refractivity contribution is 0.601. The number of aromatic amines is 1. The lowest BCUT2D eigenvalue weighted by Crippen LogP contribution is -2.09. The van der Waals surface area contributed by atoms with Crippen molar-refractivity contribution in [3.8, 4) is 11.8 Å². The highest BCUT2D eigenvalue weighted by atomic mass is 32.2. The number of sulfone groups is 1. The second-order valence-electron chi connectivity index (χ2n) is 7.51. The standard InChI is InChI=1S/C22H16N8O3S/c1-13-19(21-25-22(31)15-7-3-4-8-16(15)30(21)28-13)26-27-20-14(11-23)12-24-29(20)17-9-5-6-10-18(17)34(2,32)33/h3-10,12H,1-2H3,(H,25,31). The largest absolute Gasteiger partial charge is 0.304 e. The molecule has 0 radical (unpaired) electrons. The quantitative estimate of drug-likeness (QED) is 0.396. The predicted molar refractivity (Wildman–Crippen MR) is 124 cm³/mol. The van der Waals surface area contributed by atoms with E-state index in [4.69, 9.17) is 0 Å². The number of azo groups is 1. The number of nitrogens with zero attached hydrogens (tertiary/aromatic N) is 7. The molecule has 0 aliphatic rings. The van der Waals surface area contributed by atoms with Crippen LogP contribution in [0.1, 0.15) is 11.3 Å². The molecule has 0 amide bonds. The molecule has 34 heavy (non-hydrogen) atoms. The number of rotatable bonds is 4. The van der Waals surface area contributed by atoms with Crippen LogP contribution in [-0.4, -0.2) is 39.1 Å². The maximum Gasteiger partial charge on any atom is 0.259 e. The van der Waals surface area contributed by atoms with Crippen LogP contribution < -0.4 is 5.56 Å². The fourth-order valence-electron chi connectivity index (χ4n) is 3.69. The Hall–Kier alpha value is -4.63. The van der Waals surface area contributed by atoms with Crippen LogP contribution >= 0.6 is 0 Å². The third-order valence-electron chi connectivity index (χ3n) is 5.24. The summed E-state index contributed by atoms with van der Waals surface area (Å²) in [5.74, 6) is 0.0421. The molecule has 0 aliphatic carbocycles. The number of aromatic nitrogens is 5. The molecule has 168 valence electrons. The Morgan fingerprint density at radius 1 is 1.09 bits per heavy atom. The van der Waals surface area contributed by atoms with Gasteiger partial charge in [0.25, 0.3) is 5.56 Å². The molecule has 5 aromatic rings. The molecule has 0 saturated heterocycles. The fourth-order valence-corrected chi connectivity index (χ4v) is 4.55. The number of aryl methyl sites for hydroxylation is 1. The van der Waals surface area contributed by atoms with Crippen molar-refractivity contribution in [2.75, 3.05) is 6.26 Å². The Morgan fingerprint density at radius 3 is 2.59 bits per heavy atom. The van der Waals surface area contributed by atoms with E-state index in [0.717, 1.165) is 6.26 Å². The Morgan fingerprint density at radius 2 is 1.82 bits per heavy atom. The summed E-state index contributed by atoms with van der Waals surface area (Å²) in [6.45, 7) is 1.72. The van der Waals surface area contributed by atoms with Gasteiger partial charge in [-0.25, -0.2) is 17.6 Å². The number of H-pyrrole nitrogens is 1. The Labute approximate surface area is 192 Å².